The van der Waals surface area contributed by atoms with E-state index in [4.69, 9.17) is 0 Å². The highest BCUT2D eigenvalue weighted by molar-refractivity contribution is 5.91. The van der Waals surface area contributed by atoms with Gasteiger partial charge < -0.3 is 5.32 Å². The largest absolute Gasteiger partial charge is 0.310 e. The maximum Gasteiger partial charge on any atom is 0.231 e. The Balaban J connectivity index is 1.36. The Morgan fingerprint density at radius 1 is 1.12 bits per heavy atom. The molecule has 0 bridgehead atoms. The highest BCUT2D eigenvalue weighted by Gasteiger charge is 2.23. The van der Waals surface area contributed by atoms with Gasteiger partial charge in [-0.15, -0.1) is 0 Å². The molecule has 5 heteroatoms. The van der Waals surface area contributed by atoms with Crippen molar-refractivity contribution in [2.45, 2.75) is 63.3 Å². The quantitative estimate of drug-likeness (QED) is 0.909. The van der Waals surface area contributed by atoms with E-state index in [-0.39, 0.29) is 5.91 Å². The summed E-state index contributed by atoms with van der Waals surface area (Å²) < 4.78 is 2.01. The zero-order valence-corrected chi connectivity index (χ0v) is 13.9. The van der Waals surface area contributed by atoms with Gasteiger partial charge in [0.2, 0.25) is 5.91 Å². The monoisotopic (exact) mass is 324 g/mol. The van der Waals surface area contributed by atoms with Crippen LogP contribution in [0.1, 0.15) is 68.2 Å². The Morgan fingerprint density at radius 2 is 1.96 bits per heavy atom. The number of hydrogen-bond donors (Lipinski definition) is 1. The predicted molar refractivity (Wildman–Crippen MR) is 92.9 cm³/mol. The van der Waals surface area contributed by atoms with Gasteiger partial charge in [0.15, 0.2) is 0 Å². The average molecular weight is 324 g/mol. The lowest BCUT2D eigenvalue weighted by atomic mass is 9.93. The van der Waals surface area contributed by atoms with Crippen molar-refractivity contribution < 1.29 is 4.79 Å². The van der Waals surface area contributed by atoms with Crippen LogP contribution >= 0.6 is 0 Å². The number of pyridine rings is 1. The van der Waals surface area contributed by atoms with Gasteiger partial charge in [0, 0.05) is 18.1 Å². The van der Waals surface area contributed by atoms with Crippen molar-refractivity contribution in [1.82, 2.24) is 14.8 Å². The zero-order valence-electron chi connectivity index (χ0n) is 13.9. The van der Waals surface area contributed by atoms with Crippen molar-refractivity contribution >= 4 is 11.7 Å². The van der Waals surface area contributed by atoms with Gasteiger partial charge in [0.25, 0.3) is 0 Å². The SMILES string of the molecule is O=C(Cc1ccnn1C1CCC1)Nc1ccc(C2CCCC2)cn1. The Labute approximate surface area is 142 Å². The molecule has 0 spiro atoms. The number of anilines is 1. The summed E-state index contributed by atoms with van der Waals surface area (Å²) in [6.45, 7) is 0. The molecule has 2 saturated carbocycles. The van der Waals surface area contributed by atoms with E-state index in [9.17, 15) is 4.79 Å². The van der Waals surface area contributed by atoms with E-state index in [1.54, 1.807) is 6.20 Å². The molecular formula is C19H24N4O. The average Bonchev–Trinajstić information content (AvgIpc) is 3.19. The molecule has 0 aliphatic heterocycles. The van der Waals surface area contributed by atoms with Crippen LogP contribution in [0.15, 0.2) is 30.6 Å². The molecule has 0 aromatic carbocycles. The topological polar surface area (TPSA) is 59.8 Å². The van der Waals surface area contributed by atoms with Gasteiger partial charge in [-0.25, -0.2) is 4.98 Å². The summed E-state index contributed by atoms with van der Waals surface area (Å²) in [5.41, 5.74) is 2.29. The fourth-order valence-corrected chi connectivity index (χ4v) is 3.77. The summed E-state index contributed by atoms with van der Waals surface area (Å²) in [7, 11) is 0. The van der Waals surface area contributed by atoms with Gasteiger partial charge in [0.05, 0.1) is 12.5 Å². The minimum absolute atomic E-state index is 0.0304. The molecule has 0 radical (unpaired) electrons. The predicted octanol–water partition coefficient (Wildman–Crippen LogP) is 3.84. The molecule has 4 rings (SSSR count). The van der Waals surface area contributed by atoms with Crippen molar-refractivity contribution in [1.29, 1.82) is 0 Å². The maximum absolute atomic E-state index is 12.3. The summed E-state index contributed by atoms with van der Waals surface area (Å²) in [6.07, 6.45) is 12.8. The van der Waals surface area contributed by atoms with E-state index in [1.165, 1.54) is 50.5 Å². The van der Waals surface area contributed by atoms with E-state index in [0.717, 1.165) is 5.69 Å². The molecule has 0 unspecified atom stereocenters. The molecular weight excluding hydrogens is 300 g/mol. The molecule has 1 N–H and O–H groups in total. The Morgan fingerprint density at radius 3 is 2.62 bits per heavy atom. The summed E-state index contributed by atoms with van der Waals surface area (Å²) in [4.78, 5) is 16.7. The van der Waals surface area contributed by atoms with Gasteiger partial charge in [-0.05, 0) is 55.7 Å². The van der Waals surface area contributed by atoms with Crippen molar-refractivity contribution in [2.75, 3.05) is 5.32 Å². The van der Waals surface area contributed by atoms with Crippen LogP contribution in [0.25, 0.3) is 0 Å². The van der Waals surface area contributed by atoms with Gasteiger partial charge in [-0.3, -0.25) is 9.48 Å². The van der Waals surface area contributed by atoms with E-state index < -0.39 is 0 Å². The Kier molecular flexibility index (Phi) is 4.32. The molecule has 2 aromatic heterocycles. The first kappa shape index (κ1) is 15.4. The lowest BCUT2D eigenvalue weighted by molar-refractivity contribution is -0.115. The summed E-state index contributed by atoms with van der Waals surface area (Å²) in [6, 6.07) is 6.45. The number of rotatable bonds is 5. The molecule has 126 valence electrons. The fraction of sp³-hybridized carbons (Fsp3) is 0.526. The normalized spacial score (nSPS) is 18.5. The number of aromatic nitrogens is 3. The smallest absolute Gasteiger partial charge is 0.231 e. The van der Waals surface area contributed by atoms with Gasteiger partial charge >= 0.3 is 0 Å². The van der Waals surface area contributed by atoms with Crippen molar-refractivity contribution in [3.8, 4) is 0 Å². The first-order valence-electron chi connectivity index (χ1n) is 9.08. The third kappa shape index (κ3) is 3.21. The van der Waals surface area contributed by atoms with Crippen LogP contribution in [0.5, 0.6) is 0 Å². The molecule has 1 amide bonds. The molecule has 2 aliphatic rings. The molecule has 0 atom stereocenters. The van der Waals surface area contributed by atoms with Crippen LogP contribution in [0.3, 0.4) is 0 Å². The lowest BCUT2D eigenvalue weighted by Gasteiger charge is -2.27. The van der Waals surface area contributed by atoms with E-state index in [2.05, 4.69) is 21.5 Å². The standard InChI is InChI=1S/C19H24N4O/c24-19(12-17-10-11-21-23(17)16-6-3-7-16)22-18-9-8-15(13-20-18)14-4-1-2-5-14/h8-11,13-14,16H,1-7,12H2,(H,20,22,24). The first-order valence-corrected chi connectivity index (χ1v) is 9.08. The van der Waals surface area contributed by atoms with Crippen LogP contribution in [-0.4, -0.2) is 20.7 Å². The lowest BCUT2D eigenvalue weighted by Crippen LogP contribution is -2.23. The second kappa shape index (κ2) is 6.75. The maximum atomic E-state index is 12.3. The summed E-state index contributed by atoms with van der Waals surface area (Å²) >= 11 is 0. The molecule has 2 fully saturated rings. The van der Waals surface area contributed by atoms with Crippen LogP contribution in [-0.2, 0) is 11.2 Å². The second-order valence-electron chi connectivity index (χ2n) is 7.03. The van der Waals surface area contributed by atoms with Crippen molar-refractivity contribution in [2.24, 2.45) is 0 Å². The molecule has 2 aliphatic carbocycles. The minimum Gasteiger partial charge on any atom is -0.310 e. The number of nitrogens with one attached hydrogen (secondary N) is 1. The molecule has 5 nitrogen and oxygen atoms in total. The van der Waals surface area contributed by atoms with E-state index >= 15 is 0 Å². The fourth-order valence-electron chi connectivity index (χ4n) is 3.77. The van der Waals surface area contributed by atoms with E-state index in [1.807, 2.05) is 23.0 Å². The second-order valence-corrected chi connectivity index (χ2v) is 7.03. The van der Waals surface area contributed by atoms with Gasteiger partial charge in [-0.1, -0.05) is 18.9 Å². The van der Waals surface area contributed by atoms with Crippen LogP contribution in [0.4, 0.5) is 5.82 Å². The van der Waals surface area contributed by atoms with Crippen molar-refractivity contribution in [3.63, 3.8) is 0 Å². The number of amides is 1. The number of nitrogens with zero attached hydrogens (tertiary/aromatic N) is 3. The molecule has 24 heavy (non-hydrogen) atoms. The van der Waals surface area contributed by atoms with Gasteiger partial charge in [-0.2, -0.15) is 5.10 Å². The number of hydrogen-bond acceptors (Lipinski definition) is 3. The zero-order chi connectivity index (χ0) is 16.4. The Hall–Kier alpha value is -2.17. The molecule has 2 heterocycles. The summed E-state index contributed by atoms with van der Waals surface area (Å²) in [5, 5.41) is 7.28. The highest BCUT2D eigenvalue weighted by atomic mass is 16.1. The van der Waals surface area contributed by atoms with Crippen LogP contribution in [0.2, 0.25) is 0 Å². The van der Waals surface area contributed by atoms with Crippen LogP contribution < -0.4 is 5.32 Å². The van der Waals surface area contributed by atoms with E-state index in [0.29, 0.717) is 24.2 Å². The highest BCUT2D eigenvalue weighted by Crippen LogP contribution is 2.34. The third-order valence-corrected chi connectivity index (χ3v) is 5.39. The Bertz CT molecular complexity index is 696. The van der Waals surface area contributed by atoms with Gasteiger partial charge in [0.1, 0.15) is 5.82 Å². The third-order valence-electron chi connectivity index (χ3n) is 5.39. The van der Waals surface area contributed by atoms with Crippen molar-refractivity contribution in [3.05, 3.63) is 41.9 Å². The minimum atomic E-state index is -0.0304. The molecule has 2 aromatic rings. The molecule has 0 saturated heterocycles. The first-order chi connectivity index (χ1) is 11.8. The van der Waals surface area contributed by atoms with Crippen LogP contribution in [0, 0.1) is 0 Å². The summed E-state index contributed by atoms with van der Waals surface area (Å²) in [5.74, 6) is 1.26. The number of carbonyl (C=O) groups excluding carboxylic acids is 1. The number of carbonyl (C=O) groups is 1.